The highest BCUT2D eigenvalue weighted by molar-refractivity contribution is 6.01. The number of nitrogens with two attached hydrogens (primary N) is 1. The quantitative estimate of drug-likeness (QED) is 0.778. The van der Waals surface area contributed by atoms with E-state index in [1.807, 2.05) is 33.8 Å². The van der Waals surface area contributed by atoms with Crippen molar-refractivity contribution >= 4 is 23.2 Å². The average molecular weight is 263 g/mol. The van der Waals surface area contributed by atoms with Gasteiger partial charge < -0.3 is 16.4 Å². The van der Waals surface area contributed by atoms with Crippen LogP contribution in [0.3, 0.4) is 0 Å². The van der Waals surface area contributed by atoms with E-state index in [4.69, 9.17) is 5.73 Å². The predicted octanol–water partition coefficient (Wildman–Crippen LogP) is 1.88. The average Bonchev–Trinajstić information content (AvgIpc) is 2.31. The molecule has 2 amide bonds. The zero-order valence-corrected chi connectivity index (χ0v) is 11.8. The summed E-state index contributed by atoms with van der Waals surface area (Å²) in [6.45, 7) is 7.30. The van der Waals surface area contributed by atoms with Crippen molar-refractivity contribution in [3.05, 3.63) is 23.8 Å². The van der Waals surface area contributed by atoms with Crippen LogP contribution in [0.1, 0.15) is 26.3 Å². The Balaban J connectivity index is 3.00. The lowest BCUT2D eigenvalue weighted by atomic mass is 9.95. The third kappa shape index (κ3) is 4.37. The number of carbonyl (C=O) groups is 2. The summed E-state index contributed by atoms with van der Waals surface area (Å²) in [6.07, 6.45) is 0. The number of hydrogen-bond acceptors (Lipinski definition) is 3. The van der Waals surface area contributed by atoms with Gasteiger partial charge >= 0.3 is 0 Å². The van der Waals surface area contributed by atoms with Crippen LogP contribution in [0.15, 0.2) is 18.2 Å². The standard InChI is InChI=1S/C14H21N3O2/c1-9-5-6-10(17-13(19)14(2,3)4)11(7-9)16-12(18)8-15/h5-7H,8,15H2,1-4H3,(H,16,18)(H,17,19). The molecule has 0 radical (unpaired) electrons. The molecule has 1 rings (SSSR count). The van der Waals surface area contributed by atoms with Crippen molar-refractivity contribution in [1.29, 1.82) is 0 Å². The van der Waals surface area contributed by atoms with Gasteiger partial charge in [0.15, 0.2) is 0 Å². The van der Waals surface area contributed by atoms with Gasteiger partial charge in [0.05, 0.1) is 17.9 Å². The normalized spacial score (nSPS) is 11.0. The first-order chi connectivity index (χ1) is 8.74. The molecule has 0 spiro atoms. The van der Waals surface area contributed by atoms with Gasteiger partial charge in [0.2, 0.25) is 11.8 Å². The molecular weight excluding hydrogens is 242 g/mol. The minimum atomic E-state index is -0.500. The molecular formula is C14H21N3O2. The second-order valence-corrected chi connectivity index (χ2v) is 5.51. The lowest BCUT2D eigenvalue weighted by Crippen LogP contribution is -2.29. The largest absolute Gasteiger partial charge is 0.324 e. The third-order valence-electron chi connectivity index (χ3n) is 2.56. The fourth-order valence-electron chi connectivity index (χ4n) is 1.38. The molecule has 4 N–H and O–H groups in total. The van der Waals surface area contributed by atoms with Crippen molar-refractivity contribution in [3.63, 3.8) is 0 Å². The second kappa shape index (κ2) is 5.84. The molecule has 0 aliphatic heterocycles. The van der Waals surface area contributed by atoms with Crippen molar-refractivity contribution in [2.45, 2.75) is 27.7 Å². The molecule has 0 heterocycles. The van der Waals surface area contributed by atoms with Crippen molar-refractivity contribution in [2.75, 3.05) is 17.2 Å². The van der Waals surface area contributed by atoms with Crippen LogP contribution in [-0.2, 0) is 9.59 Å². The Morgan fingerprint density at radius 2 is 1.79 bits per heavy atom. The summed E-state index contributed by atoms with van der Waals surface area (Å²) in [5.41, 5.74) is 6.91. The molecule has 5 nitrogen and oxygen atoms in total. The molecule has 19 heavy (non-hydrogen) atoms. The van der Waals surface area contributed by atoms with E-state index in [1.165, 1.54) is 0 Å². The molecule has 104 valence electrons. The molecule has 0 aliphatic rings. The molecule has 0 bridgehead atoms. The van der Waals surface area contributed by atoms with Gasteiger partial charge in [-0.25, -0.2) is 0 Å². The van der Waals surface area contributed by atoms with E-state index in [-0.39, 0.29) is 18.4 Å². The highest BCUT2D eigenvalue weighted by atomic mass is 16.2. The van der Waals surface area contributed by atoms with E-state index >= 15 is 0 Å². The maximum absolute atomic E-state index is 12.0. The Morgan fingerprint density at radius 3 is 2.32 bits per heavy atom. The molecule has 0 aliphatic carbocycles. The highest BCUT2D eigenvalue weighted by Crippen LogP contribution is 2.25. The zero-order valence-electron chi connectivity index (χ0n) is 11.8. The van der Waals surface area contributed by atoms with Crippen LogP contribution in [0, 0.1) is 12.3 Å². The van der Waals surface area contributed by atoms with Crippen LogP contribution in [0.2, 0.25) is 0 Å². The van der Waals surface area contributed by atoms with Crippen LogP contribution >= 0.6 is 0 Å². The summed E-state index contributed by atoms with van der Waals surface area (Å²) < 4.78 is 0. The van der Waals surface area contributed by atoms with Crippen LogP contribution < -0.4 is 16.4 Å². The summed E-state index contributed by atoms with van der Waals surface area (Å²) in [7, 11) is 0. The van der Waals surface area contributed by atoms with E-state index in [0.717, 1.165) is 5.56 Å². The van der Waals surface area contributed by atoms with Gasteiger partial charge in [-0.3, -0.25) is 9.59 Å². The van der Waals surface area contributed by atoms with Gasteiger partial charge in [-0.15, -0.1) is 0 Å². The molecule has 0 fully saturated rings. The van der Waals surface area contributed by atoms with Gasteiger partial charge in [-0.2, -0.15) is 0 Å². The second-order valence-electron chi connectivity index (χ2n) is 5.51. The van der Waals surface area contributed by atoms with Gasteiger partial charge in [0.25, 0.3) is 0 Å². The summed E-state index contributed by atoms with van der Waals surface area (Å²) in [4.78, 5) is 23.4. The highest BCUT2D eigenvalue weighted by Gasteiger charge is 2.22. The number of benzene rings is 1. The summed E-state index contributed by atoms with van der Waals surface area (Å²) in [5, 5.41) is 5.49. The Kier molecular flexibility index (Phi) is 4.67. The SMILES string of the molecule is Cc1ccc(NC(=O)C(C)(C)C)c(NC(=O)CN)c1. The first-order valence-electron chi connectivity index (χ1n) is 6.16. The lowest BCUT2D eigenvalue weighted by Gasteiger charge is -2.19. The van der Waals surface area contributed by atoms with Crippen LogP contribution in [0.25, 0.3) is 0 Å². The summed E-state index contributed by atoms with van der Waals surface area (Å²) in [6, 6.07) is 5.44. The maximum atomic E-state index is 12.0. The van der Waals surface area contributed by atoms with Crippen molar-refractivity contribution < 1.29 is 9.59 Å². The molecule has 0 atom stereocenters. The van der Waals surface area contributed by atoms with Crippen molar-refractivity contribution in [2.24, 2.45) is 11.1 Å². The summed E-state index contributed by atoms with van der Waals surface area (Å²) >= 11 is 0. The van der Waals surface area contributed by atoms with E-state index in [9.17, 15) is 9.59 Å². The number of anilines is 2. The number of hydrogen-bond donors (Lipinski definition) is 3. The van der Waals surface area contributed by atoms with Crippen molar-refractivity contribution in [3.8, 4) is 0 Å². The molecule has 5 heteroatoms. The monoisotopic (exact) mass is 263 g/mol. The molecule has 0 aromatic heterocycles. The first kappa shape index (κ1) is 15.2. The zero-order chi connectivity index (χ0) is 14.6. The number of carbonyl (C=O) groups excluding carboxylic acids is 2. The van der Waals surface area contributed by atoms with Gasteiger partial charge in [0, 0.05) is 5.41 Å². The number of aryl methyl sites for hydroxylation is 1. The van der Waals surface area contributed by atoms with E-state index < -0.39 is 5.41 Å². The summed E-state index contributed by atoms with van der Waals surface area (Å²) in [5.74, 6) is -0.406. The molecule has 0 saturated heterocycles. The molecule has 1 aromatic rings. The Hall–Kier alpha value is -1.88. The molecule has 1 aromatic carbocycles. The topological polar surface area (TPSA) is 84.2 Å². The first-order valence-corrected chi connectivity index (χ1v) is 6.16. The molecule has 0 saturated carbocycles. The lowest BCUT2D eigenvalue weighted by molar-refractivity contribution is -0.123. The smallest absolute Gasteiger partial charge is 0.238 e. The Labute approximate surface area is 113 Å². The number of amides is 2. The Morgan fingerprint density at radius 1 is 1.16 bits per heavy atom. The van der Waals surface area contributed by atoms with Crippen LogP contribution in [-0.4, -0.2) is 18.4 Å². The van der Waals surface area contributed by atoms with Gasteiger partial charge in [-0.1, -0.05) is 26.8 Å². The third-order valence-corrected chi connectivity index (χ3v) is 2.56. The van der Waals surface area contributed by atoms with Gasteiger partial charge in [-0.05, 0) is 24.6 Å². The van der Waals surface area contributed by atoms with E-state index in [1.54, 1.807) is 12.1 Å². The van der Waals surface area contributed by atoms with E-state index in [2.05, 4.69) is 10.6 Å². The fraction of sp³-hybridized carbons (Fsp3) is 0.429. The van der Waals surface area contributed by atoms with Gasteiger partial charge in [0.1, 0.15) is 0 Å². The van der Waals surface area contributed by atoms with Crippen molar-refractivity contribution in [1.82, 2.24) is 0 Å². The Bertz CT molecular complexity index is 490. The predicted molar refractivity (Wildman–Crippen MR) is 76.9 cm³/mol. The maximum Gasteiger partial charge on any atom is 0.238 e. The minimum absolute atomic E-state index is 0.0966. The molecule has 0 unspecified atom stereocenters. The van der Waals surface area contributed by atoms with Crippen LogP contribution in [0.5, 0.6) is 0 Å². The van der Waals surface area contributed by atoms with Crippen LogP contribution in [0.4, 0.5) is 11.4 Å². The minimum Gasteiger partial charge on any atom is -0.324 e. The number of rotatable bonds is 3. The number of nitrogens with one attached hydrogen (secondary N) is 2. The van der Waals surface area contributed by atoms with E-state index in [0.29, 0.717) is 11.4 Å². The fourth-order valence-corrected chi connectivity index (χ4v) is 1.38.